The lowest BCUT2D eigenvalue weighted by Gasteiger charge is -2.36. The summed E-state index contributed by atoms with van der Waals surface area (Å²) in [5.74, 6) is 0.578. The van der Waals surface area contributed by atoms with Gasteiger partial charge in [0.05, 0.1) is 6.54 Å². The molecule has 8 heteroatoms. The van der Waals surface area contributed by atoms with Gasteiger partial charge in [0.15, 0.2) is 5.96 Å². The van der Waals surface area contributed by atoms with Gasteiger partial charge in [-0.1, -0.05) is 18.6 Å². The minimum Gasteiger partial charge on any atom is -0.370 e. The molecule has 0 atom stereocenters. The summed E-state index contributed by atoms with van der Waals surface area (Å²) in [4.78, 5) is 21.0. The zero-order chi connectivity index (χ0) is 20.9. The smallest absolute Gasteiger partial charge is 0.227 e. The molecule has 0 radical (unpaired) electrons. The molecule has 2 aliphatic rings. The number of hydrogen-bond donors (Lipinski definition) is 2. The fourth-order valence-electron chi connectivity index (χ4n) is 3.78. The Kier molecular flexibility index (Phi) is 8.11. The number of anilines is 2. The number of piperazine rings is 1. The molecule has 1 aliphatic carbocycles. The van der Waals surface area contributed by atoms with E-state index in [1.54, 1.807) is 12.1 Å². The van der Waals surface area contributed by atoms with Crippen LogP contribution in [0.4, 0.5) is 15.8 Å². The van der Waals surface area contributed by atoms with Crippen molar-refractivity contribution in [2.45, 2.75) is 25.8 Å². The van der Waals surface area contributed by atoms with Crippen LogP contribution in [0.2, 0.25) is 0 Å². The average molecular weight is 537 g/mol. The van der Waals surface area contributed by atoms with Crippen molar-refractivity contribution in [3.8, 4) is 0 Å². The molecule has 2 fully saturated rings. The van der Waals surface area contributed by atoms with Gasteiger partial charge < -0.3 is 20.9 Å². The van der Waals surface area contributed by atoms with Gasteiger partial charge in [0, 0.05) is 43.5 Å². The Balaban J connectivity index is 0.00000272. The van der Waals surface area contributed by atoms with E-state index in [4.69, 9.17) is 5.73 Å². The number of halogens is 2. The summed E-state index contributed by atoms with van der Waals surface area (Å²) in [6.07, 6.45) is 3.12. The van der Waals surface area contributed by atoms with E-state index in [-0.39, 0.29) is 41.6 Å². The highest BCUT2D eigenvalue weighted by molar-refractivity contribution is 14.0. The summed E-state index contributed by atoms with van der Waals surface area (Å²) in [5.41, 5.74) is 9.06. The number of benzene rings is 2. The van der Waals surface area contributed by atoms with E-state index in [1.165, 1.54) is 12.1 Å². The summed E-state index contributed by atoms with van der Waals surface area (Å²) >= 11 is 0. The molecule has 0 aromatic heterocycles. The molecule has 1 saturated heterocycles. The summed E-state index contributed by atoms with van der Waals surface area (Å²) in [7, 11) is 0. The van der Waals surface area contributed by atoms with Crippen LogP contribution in [0, 0.1) is 11.7 Å². The van der Waals surface area contributed by atoms with Crippen molar-refractivity contribution in [1.82, 2.24) is 4.90 Å². The second kappa shape index (κ2) is 10.8. The number of aliphatic imine (C=N–C) groups is 1. The molecule has 4 rings (SSSR count). The third-order valence-electron chi connectivity index (χ3n) is 5.89. The van der Waals surface area contributed by atoms with Crippen LogP contribution in [0.5, 0.6) is 0 Å². The molecule has 166 valence electrons. The van der Waals surface area contributed by atoms with Gasteiger partial charge in [0.1, 0.15) is 5.82 Å². The molecule has 31 heavy (non-hydrogen) atoms. The lowest BCUT2D eigenvalue weighted by Crippen LogP contribution is -2.51. The van der Waals surface area contributed by atoms with Crippen molar-refractivity contribution >= 4 is 47.2 Å². The van der Waals surface area contributed by atoms with Gasteiger partial charge >= 0.3 is 0 Å². The normalized spacial score (nSPS) is 17.0. The van der Waals surface area contributed by atoms with Crippen LogP contribution in [0.3, 0.4) is 0 Å². The molecule has 1 heterocycles. The van der Waals surface area contributed by atoms with Crippen molar-refractivity contribution in [2.24, 2.45) is 16.6 Å². The van der Waals surface area contributed by atoms with E-state index in [2.05, 4.69) is 20.1 Å². The van der Waals surface area contributed by atoms with E-state index in [0.29, 0.717) is 12.5 Å². The van der Waals surface area contributed by atoms with Crippen LogP contribution in [0.1, 0.15) is 24.8 Å². The number of rotatable bonds is 5. The Morgan fingerprint density at radius 3 is 2.45 bits per heavy atom. The molecular formula is C23H29FIN5O. The second-order valence-electron chi connectivity index (χ2n) is 7.94. The fourth-order valence-corrected chi connectivity index (χ4v) is 3.78. The number of guanidine groups is 1. The zero-order valence-corrected chi connectivity index (χ0v) is 19.8. The molecule has 2 aromatic carbocycles. The van der Waals surface area contributed by atoms with Crippen LogP contribution < -0.4 is 16.0 Å². The summed E-state index contributed by atoms with van der Waals surface area (Å²) in [6.45, 7) is 3.63. The molecule has 1 aliphatic heterocycles. The Morgan fingerprint density at radius 2 is 1.81 bits per heavy atom. The highest BCUT2D eigenvalue weighted by Crippen LogP contribution is 2.27. The maximum Gasteiger partial charge on any atom is 0.227 e. The minimum atomic E-state index is -0.222. The Morgan fingerprint density at radius 1 is 1.10 bits per heavy atom. The predicted octanol–water partition coefficient (Wildman–Crippen LogP) is 3.82. The standard InChI is InChI=1S/C23H28FN5O.HI/c24-19-7-9-21(10-8-19)28-11-13-29(14-12-28)23(25)26-16-17-3-1-6-20(15-17)27-22(30)18-4-2-5-18;/h1,3,6-10,15,18H,2,4-5,11-14,16H2,(H2,25,26)(H,27,30);1H. The first-order valence-corrected chi connectivity index (χ1v) is 10.5. The van der Waals surface area contributed by atoms with Gasteiger partial charge in [-0.05, 0) is 54.8 Å². The molecule has 1 amide bonds. The summed E-state index contributed by atoms with van der Waals surface area (Å²) in [5, 5.41) is 3.00. The van der Waals surface area contributed by atoms with E-state index < -0.39 is 0 Å². The molecule has 0 unspecified atom stereocenters. The van der Waals surface area contributed by atoms with E-state index in [9.17, 15) is 9.18 Å². The van der Waals surface area contributed by atoms with E-state index in [1.807, 2.05) is 24.3 Å². The van der Waals surface area contributed by atoms with Crippen LogP contribution >= 0.6 is 24.0 Å². The summed E-state index contributed by atoms with van der Waals surface area (Å²) < 4.78 is 13.1. The number of nitrogens with one attached hydrogen (secondary N) is 1. The average Bonchev–Trinajstić information content (AvgIpc) is 2.72. The van der Waals surface area contributed by atoms with Crippen LogP contribution in [0.15, 0.2) is 53.5 Å². The van der Waals surface area contributed by atoms with Crippen LogP contribution in [-0.4, -0.2) is 42.9 Å². The van der Waals surface area contributed by atoms with Crippen molar-refractivity contribution < 1.29 is 9.18 Å². The Labute approximate surface area is 199 Å². The largest absolute Gasteiger partial charge is 0.370 e. The topological polar surface area (TPSA) is 74.0 Å². The Bertz CT molecular complexity index is 908. The van der Waals surface area contributed by atoms with Crippen LogP contribution in [0.25, 0.3) is 0 Å². The number of nitrogens with two attached hydrogens (primary N) is 1. The van der Waals surface area contributed by atoms with Gasteiger partial charge in [0.25, 0.3) is 0 Å². The van der Waals surface area contributed by atoms with Crippen LogP contribution in [-0.2, 0) is 11.3 Å². The monoisotopic (exact) mass is 537 g/mol. The highest BCUT2D eigenvalue weighted by Gasteiger charge is 2.25. The maximum absolute atomic E-state index is 13.1. The third-order valence-corrected chi connectivity index (χ3v) is 5.89. The SMILES string of the molecule is I.NC(=NCc1cccc(NC(=O)C2CCC2)c1)N1CCN(c2ccc(F)cc2)CC1. The summed E-state index contributed by atoms with van der Waals surface area (Å²) in [6, 6.07) is 14.4. The van der Waals surface area contributed by atoms with Gasteiger partial charge in [-0.3, -0.25) is 4.79 Å². The quantitative estimate of drug-likeness (QED) is 0.346. The fraction of sp³-hybridized carbons (Fsp3) is 0.391. The van der Waals surface area contributed by atoms with Crippen molar-refractivity contribution in [1.29, 1.82) is 0 Å². The number of carbonyl (C=O) groups excluding carboxylic acids is 1. The van der Waals surface area contributed by atoms with Gasteiger partial charge in [-0.15, -0.1) is 24.0 Å². The first-order valence-electron chi connectivity index (χ1n) is 10.5. The molecule has 3 N–H and O–H groups in total. The molecule has 0 bridgehead atoms. The van der Waals surface area contributed by atoms with E-state index >= 15 is 0 Å². The molecule has 6 nitrogen and oxygen atoms in total. The molecule has 1 saturated carbocycles. The predicted molar refractivity (Wildman–Crippen MR) is 133 cm³/mol. The van der Waals surface area contributed by atoms with Gasteiger partial charge in [-0.2, -0.15) is 0 Å². The number of carbonyl (C=O) groups is 1. The first-order chi connectivity index (χ1) is 14.6. The van der Waals surface area contributed by atoms with Crippen molar-refractivity contribution in [2.75, 3.05) is 36.4 Å². The number of amides is 1. The first kappa shape index (κ1) is 23.3. The lowest BCUT2D eigenvalue weighted by atomic mass is 9.85. The second-order valence-corrected chi connectivity index (χ2v) is 7.94. The van der Waals surface area contributed by atoms with Crippen molar-refractivity contribution in [3.05, 3.63) is 59.9 Å². The maximum atomic E-state index is 13.1. The number of nitrogens with zero attached hydrogens (tertiary/aromatic N) is 3. The minimum absolute atomic E-state index is 0. The van der Waals surface area contributed by atoms with Crippen molar-refractivity contribution in [3.63, 3.8) is 0 Å². The molecular weight excluding hydrogens is 508 g/mol. The highest BCUT2D eigenvalue weighted by atomic mass is 127. The lowest BCUT2D eigenvalue weighted by molar-refractivity contribution is -0.122. The third kappa shape index (κ3) is 6.09. The number of hydrogen-bond acceptors (Lipinski definition) is 3. The van der Waals surface area contributed by atoms with Gasteiger partial charge in [0.2, 0.25) is 5.91 Å². The Hall–Kier alpha value is -2.36. The van der Waals surface area contributed by atoms with Gasteiger partial charge in [-0.25, -0.2) is 9.38 Å². The zero-order valence-electron chi connectivity index (χ0n) is 17.5. The van der Waals surface area contributed by atoms with E-state index in [0.717, 1.165) is 62.4 Å². The molecule has 2 aromatic rings. The molecule has 0 spiro atoms.